The number of carbonyl (C=O) groups excluding carboxylic acids is 2. The van der Waals surface area contributed by atoms with Gasteiger partial charge in [-0.2, -0.15) is 0 Å². The Labute approximate surface area is 66.4 Å². The Kier molecular flexibility index (Phi) is 3.97. The molecule has 0 aromatic carbocycles. The Morgan fingerprint density at radius 1 is 1.36 bits per heavy atom. The molecule has 0 aliphatic rings. The first-order valence-electron chi connectivity index (χ1n) is 3.66. The second kappa shape index (κ2) is 4.23. The molecule has 0 saturated carbocycles. The third-order valence-corrected chi connectivity index (χ3v) is 1.51. The lowest BCUT2D eigenvalue weighted by Crippen LogP contribution is -2.23. The van der Waals surface area contributed by atoms with Crippen molar-refractivity contribution in [1.29, 1.82) is 0 Å². The van der Waals surface area contributed by atoms with Crippen LogP contribution in [-0.4, -0.2) is 22.8 Å². The van der Waals surface area contributed by atoms with E-state index in [0.29, 0.717) is 0 Å². The SMILES string of the molecule is CC(=O)C(O)CC(=O)C(C)C. The van der Waals surface area contributed by atoms with E-state index in [1.54, 1.807) is 13.8 Å². The minimum atomic E-state index is -1.11. The Bertz CT molecular complexity index is 161. The van der Waals surface area contributed by atoms with Crippen molar-refractivity contribution < 1.29 is 14.7 Å². The first-order valence-corrected chi connectivity index (χ1v) is 3.66. The summed E-state index contributed by atoms with van der Waals surface area (Å²) < 4.78 is 0. The minimum Gasteiger partial charge on any atom is -0.385 e. The molecule has 0 spiro atoms. The van der Waals surface area contributed by atoms with Crippen molar-refractivity contribution in [2.24, 2.45) is 5.92 Å². The van der Waals surface area contributed by atoms with Gasteiger partial charge in [-0.25, -0.2) is 0 Å². The van der Waals surface area contributed by atoms with Crippen LogP contribution in [-0.2, 0) is 9.59 Å². The van der Waals surface area contributed by atoms with Gasteiger partial charge in [-0.1, -0.05) is 13.8 Å². The zero-order valence-electron chi connectivity index (χ0n) is 7.13. The summed E-state index contributed by atoms with van der Waals surface area (Å²) in [5, 5.41) is 8.98. The Morgan fingerprint density at radius 3 is 2.09 bits per heavy atom. The van der Waals surface area contributed by atoms with E-state index in [1.807, 2.05) is 0 Å². The third kappa shape index (κ3) is 3.88. The Balaban J connectivity index is 3.85. The van der Waals surface area contributed by atoms with Gasteiger partial charge < -0.3 is 5.11 Å². The number of Topliss-reactive ketones (excluding diaryl/α,β-unsaturated/α-hetero) is 2. The number of hydrogen-bond donors (Lipinski definition) is 1. The normalized spacial score (nSPS) is 13.2. The number of carbonyl (C=O) groups is 2. The van der Waals surface area contributed by atoms with Gasteiger partial charge in [-0.05, 0) is 6.92 Å². The molecule has 0 aromatic heterocycles. The molecule has 1 unspecified atom stereocenters. The highest BCUT2D eigenvalue weighted by Gasteiger charge is 2.16. The number of ketones is 2. The van der Waals surface area contributed by atoms with E-state index >= 15 is 0 Å². The van der Waals surface area contributed by atoms with Crippen LogP contribution in [0.2, 0.25) is 0 Å². The zero-order chi connectivity index (χ0) is 9.02. The lowest BCUT2D eigenvalue weighted by atomic mass is 10.0. The van der Waals surface area contributed by atoms with Crippen LogP contribution in [0.4, 0.5) is 0 Å². The number of aliphatic hydroxyl groups is 1. The second-order valence-corrected chi connectivity index (χ2v) is 2.95. The topological polar surface area (TPSA) is 54.4 Å². The van der Waals surface area contributed by atoms with Gasteiger partial charge in [-0.3, -0.25) is 9.59 Å². The van der Waals surface area contributed by atoms with E-state index in [1.165, 1.54) is 6.92 Å². The molecule has 0 bridgehead atoms. The van der Waals surface area contributed by atoms with Gasteiger partial charge in [0.1, 0.15) is 11.9 Å². The van der Waals surface area contributed by atoms with E-state index < -0.39 is 6.10 Å². The molecular formula is C8H14O3. The van der Waals surface area contributed by atoms with E-state index in [2.05, 4.69) is 0 Å². The van der Waals surface area contributed by atoms with Crippen LogP contribution in [0.5, 0.6) is 0 Å². The molecule has 0 aliphatic heterocycles. The van der Waals surface area contributed by atoms with E-state index in [4.69, 9.17) is 5.11 Å². The quantitative estimate of drug-likeness (QED) is 0.650. The molecule has 1 N–H and O–H groups in total. The van der Waals surface area contributed by atoms with Crippen molar-refractivity contribution in [3.63, 3.8) is 0 Å². The summed E-state index contributed by atoms with van der Waals surface area (Å²) in [5.74, 6) is -0.532. The fourth-order valence-electron chi connectivity index (χ4n) is 0.570. The van der Waals surface area contributed by atoms with E-state index in [0.717, 1.165) is 0 Å². The molecule has 0 amide bonds. The lowest BCUT2D eigenvalue weighted by Gasteiger charge is -2.07. The number of aliphatic hydroxyl groups excluding tert-OH is 1. The summed E-state index contributed by atoms with van der Waals surface area (Å²) in [6.07, 6.45) is -1.16. The molecule has 0 rings (SSSR count). The largest absolute Gasteiger partial charge is 0.385 e. The van der Waals surface area contributed by atoms with Crippen molar-refractivity contribution in [1.82, 2.24) is 0 Å². The van der Waals surface area contributed by atoms with Gasteiger partial charge in [0.2, 0.25) is 0 Å². The first-order chi connectivity index (χ1) is 4.95. The summed E-state index contributed by atoms with van der Waals surface area (Å²) in [7, 11) is 0. The summed E-state index contributed by atoms with van der Waals surface area (Å²) >= 11 is 0. The van der Waals surface area contributed by atoms with Crippen LogP contribution in [0.1, 0.15) is 27.2 Å². The van der Waals surface area contributed by atoms with Gasteiger partial charge >= 0.3 is 0 Å². The van der Waals surface area contributed by atoms with Crippen molar-refractivity contribution in [3.05, 3.63) is 0 Å². The zero-order valence-corrected chi connectivity index (χ0v) is 7.13. The van der Waals surface area contributed by atoms with E-state index in [9.17, 15) is 9.59 Å². The molecule has 64 valence electrons. The van der Waals surface area contributed by atoms with E-state index in [-0.39, 0.29) is 23.9 Å². The monoisotopic (exact) mass is 158 g/mol. The molecule has 1 atom stereocenters. The second-order valence-electron chi connectivity index (χ2n) is 2.95. The molecule has 0 heterocycles. The molecule has 0 aromatic rings. The predicted molar refractivity (Wildman–Crippen MR) is 41.1 cm³/mol. The third-order valence-electron chi connectivity index (χ3n) is 1.51. The fourth-order valence-corrected chi connectivity index (χ4v) is 0.570. The van der Waals surface area contributed by atoms with Crippen molar-refractivity contribution >= 4 is 11.6 Å². The standard InChI is InChI=1S/C8H14O3/c1-5(2)7(10)4-8(11)6(3)9/h5,8,11H,4H2,1-3H3. The van der Waals surface area contributed by atoms with Gasteiger partial charge in [0.25, 0.3) is 0 Å². The molecule has 3 nitrogen and oxygen atoms in total. The summed E-state index contributed by atoms with van der Waals surface area (Å²) in [4.78, 5) is 21.4. The van der Waals surface area contributed by atoms with Crippen LogP contribution < -0.4 is 0 Å². The van der Waals surface area contributed by atoms with Crippen molar-refractivity contribution in [2.75, 3.05) is 0 Å². The lowest BCUT2D eigenvalue weighted by molar-refractivity contribution is -0.132. The van der Waals surface area contributed by atoms with Crippen molar-refractivity contribution in [2.45, 2.75) is 33.3 Å². The predicted octanol–water partition coefficient (Wildman–Crippen LogP) is 0.551. The Morgan fingerprint density at radius 2 is 1.82 bits per heavy atom. The molecule has 0 saturated heterocycles. The average molecular weight is 158 g/mol. The molecule has 0 aliphatic carbocycles. The minimum absolute atomic E-state index is 0.0486. The summed E-state index contributed by atoms with van der Waals surface area (Å²) in [6, 6.07) is 0. The van der Waals surface area contributed by atoms with Crippen LogP contribution in [0.3, 0.4) is 0 Å². The van der Waals surface area contributed by atoms with Gasteiger partial charge in [0.15, 0.2) is 5.78 Å². The number of rotatable bonds is 4. The highest BCUT2D eigenvalue weighted by atomic mass is 16.3. The Hall–Kier alpha value is -0.700. The molecule has 0 fully saturated rings. The molecule has 3 heteroatoms. The van der Waals surface area contributed by atoms with Gasteiger partial charge in [0, 0.05) is 12.3 Å². The highest BCUT2D eigenvalue weighted by Crippen LogP contribution is 2.02. The maximum absolute atomic E-state index is 10.9. The highest BCUT2D eigenvalue weighted by molar-refractivity contribution is 5.88. The maximum Gasteiger partial charge on any atom is 0.158 e. The fraction of sp³-hybridized carbons (Fsp3) is 0.750. The molecule has 11 heavy (non-hydrogen) atoms. The van der Waals surface area contributed by atoms with Crippen LogP contribution in [0.25, 0.3) is 0 Å². The average Bonchev–Trinajstić information content (AvgIpc) is 1.87. The smallest absolute Gasteiger partial charge is 0.158 e. The van der Waals surface area contributed by atoms with Crippen LogP contribution in [0.15, 0.2) is 0 Å². The van der Waals surface area contributed by atoms with Crippen LogP contribution >= 0.6 is 0 Å². The molecule has 0 radical (unpaired) electrons. The van der Waals surface area contributed by atoms with Gasteiger partial charge in [-0.15, -0.1) is 0 Å². The first kappa shape index (κ1) is 10.3. The van der Waals surface area contributed by atoms with Gasteiger partial charge in [0.05, 0.1) is 0 Å². The molecular weight excluding hydrogens is 144 g/mol. The summed E-state index contributed by atoms with van der Waals surface area (Å²) in [6.45, 7) is 4.77. The maximum atomic E-state index is 10.9. The summed E-state index contributed by atoms with van der Waals surface area (Å²) in [5.41, 5.74) is 0. The van der Waals surface area contributed by atoms with Crippen molar-refractivity contribution in [3.8, 4) is 0 Å². The van der Waals surface area contributed by atoms with Crippen LogP contribution in [0, 0.1) is 5.92 Å². The number of hydrogen-bond acceptors (Lipinski definition) is 3.